The first-order valence-electron chi connectivity index (χ1n) is 5.53. The molecule has 0 saturated carbocycles. The molecule has 0 aromatic carbocycles. The zero-order valence-corrected chi connectivity index (χ0v) is 10.3. The number of aryl methyl sites for hydroxylation is 1. The number of halogens is 3. The number of aromatic nitrogens is 4. The van der Waals surface area contributed by atoms with Crippen LogP contribution in [0.4, 0.5) is 13.2 Å². The fraction of sp³-hybridized carbons (Fsp3) is 0.273. The summed E-state index contributed by atoms with van der Waals surface area (Å²) < 4.78 is 39.0. The zero-order chi connectivity index (χ0) is 14.8. The molecule has 0 atom stereocenters. The normalized spacial score (nSPS) is 11.4. The van der Waals surface area contributed by atoms with E-state index in [2.05, 4.69) is 20.5 Å². The Morgan fingerprint density at radius 1 is 1.40 bits per heavy atom. The number of alkyl halides is 3. The lowest BCUT2D eigenvalue weighted by atomic mass is 10.3. The smallest absolute Gasteiger partial charge is 0.343 e. The van der Waals surface area contributed by atoms with Crippen molar-refractivity contribution >= 4 is 5.91 Å². The van der Waals surface area contributed by atoms with Crippen LogP contribution < -0.4 is 5.32 Å². The van der Waals surface area contributed by atoms with Gasteiger partial charge in [0, 0.05) is 7.05 Å². The van der Waals surface area contributed by atoms with Gasteiger partial charge < -0.3 is 9.88 Å². The first-order chi connectivity index (χ1) is 9.38. The summed E-state index contributed by atoms with van der Waals surface area (Å²) in [7, 11) is 1.68. The molecule has 0 bridgehead atoms. The number of hydrogen-bond acceptors (Lipinski definition) is 4. The van der Waals surface area contributed by atoms with E-state index in [-0.39, 0.29) is 12.2 Å². The number of carbonyl (C=O) groups is 1. The van der Waals surface area contributed by atoms with Crippen LogP contribution in [0.3, 0.4) is 0 Å². The molecule has 2 aromatic heterocycles. The lowest BCUT2D eigenvalue weighted by Gasteiger charge is -2.08. The van der Waals surface area contributed by atoms with Crippen molar-refractivity contribution in [2.24, 2.45) is 7.05 Å². The van der Waals surface area contributed by atoms with Crippen molar-refractivity contribution in [1.29, 1.82) is 0 Å². The topological polar surface area (TPSA) is 72.7 Å². The second-order valence-electron chi connectivity index (χ2n) is 3.95. The van der Waals surface area contributed by atoms with Crippen LogP contribution >= 0.6 is 0 Å². The van der Waals surface area contributed by atoms with Crippen LogP contribution in [0, 0.1) is 0 Å². The van der Waals surface area contributed by atoms with E-state index in [1.165, 1.54) is 12.4 Å². The van der Waals surface area contributed by atoms with Gasteiger partial charge in [0.15, 0.2) is 5.82 Å². The molecule has 1 amide bonds. The van der Waals surface area contributed by atoms with Gasteiger partial charge in [0.25, 0.3) is 5.91 Å². The second kappa shape index (κ2) is 5.27. The van der Waals surface area contributed by atoms with Crippen LogP contribution in [0.5, 0.6) is 0 Å². The quantitative estimate of drug-likeness (QED) is 0.918. The van der Waals surface area contributed by atoms with E-state index in [1.807, 2.05) is 0 Å². The molecule has 0 aliphatic rings. The zero-order valence-electron chi connectivity index (χ0n) is 10.3. The number of carbonyl (C=O) groups excluding carboxylic acids is 1. The predicted octanol–water partition coefficient (Wildman–Crippen LogP) is 1.16. The van der Waals surface area contributed by atoms with Gasteiger partial charge in [-0.1, -0.05) is 6.07 Å². The van der Waals surface area contributed by atoms with Crippen molar-refractivity contribution in [2.45, 2.75) is 12.7 Å². The summed E-state index contributed by atoms with van der Waals surface area (Å²) in [6, 6.07) is 3.15. The van der Waals surface area contributed by atoms with Gasteiger partial charge in [-0.25, -0.2) is 4.98 Å². The van der Waals surface area contributed by atoms with E-state index in [1.54, 1.807) is 11.6 Å². The van der Waals surface area contributed by atoms with Gasteiger partial charge in [-0.3, -0.25) is 4.79 Å². The molecule has 106 valence electrons. The van der Waals surface area contributed by atoms with Crippen molar-refractivity contribution in [1.82, 2.24) is 25.1 Å². The lowest BCUT2D eigenvalue weighted by Crippen LogP contribution is -2.26. The van der Waals surface area contributed by atoms with Gasteiger partial charge in [-0.15, -0.1) is 10.2 Å². The van der Waals surface area contributed by atoms with E-state index in [9.17, 15) is 18.0 Å². The molecule has 0 fully saturated rings. The minimum Gasteiger partial charge on any atom is -0.343 e. The molecule has 6 nitrogen and oxygen atoms in total. The molecule has 9 heteroatoms. The van der Waals surface area contributed by atoms with Gasteiger partial charge in [-0.05, 0) is 12.1 Å². The third kappa shape index (κ3) is 3.11. The predicted molar refractivity (Wildman–Crippen MR) is 61.4 cm³/mol. The average Bonchev–Trinajstić information content (AvgIpc) is 2.81. The van der Waals surface area contributed by atoms with Gasteiger partial charge in [0.1, 0.15) is 17.7 Å². The summed E-state index contributed by atoms with van der Waals surface area (Å²) in [5.41, 5.74) is -1.41. The standard InChI is InChI=1S/C11H10F3N5O/c1-19-6-16-18-9(19)5-15-10(20)7-3-2-4-8(17-7)11(12,13)14/h2-4,6H,5H2,1H3,(H,15,20). The van der Waals surface area contributed by atoms with E-state index in [0.29, 0.717) is 5.82 Å². The molecule has 2 rings (SSSR count). The van der Waals surface area contributed by atoms with Gasteiger partial charge >= 0.3 is 6.18 Å². The molecule has 0 spiro atoms. The Morgan fingerprint density at radius 3 is 2.75 bits per heavy atom. The van der Waals surface area contributed by atoms with Gasteiger partial charge in [0.05, 0.1) is 6.54 Å². The number of nitrogens with one attached hydrogen (secondary N) is 1. The molecular formula is C11H10F3N5O. The highest BCUT2D eigenvalue weighted by Gasteiger charge is 2.32. The maximum atomic E-state index is 12.5. The average molecular weight is 285 g/mol. The Morgan fingerprint density at radius 2 is 2.15 bits per heavy atom. The van der Waals surface area contributed by atoms with E-state index < -0.39 is 17.8 Å². The molecule has 0 saturated heterocycles. The Hall–Kier alpha value is -2.45. The van der Waals surface area contributed by atoms with Gasteiger partial charge in [0.2, 0.25) is 0 Å². The van der Waals surface area contributed by atoms with Gasteiger partial charge in [-0.2, -0.15) is 13.2 Å². The van der Waals surface area contributed by atoms with Crippen molar-refractivity contribution in [3.8, 4) is 0 Å². The Bertz CT molecular complexity index is 623. The summed E-state index contributed by atoms with van der Waals surface area (Å²) in [5.74, 6) is -0.232. The molecular weight excluding hydrogens is 275 g/mol. The summed E-state index contributed by atoms with van der Waals surface area (Å²) in [4.78, 5) is 15.0. The first-order valence-corrected chi connectivity index (χ1v) is 5.53. The molecule has 1 N–H and O–H groups in total. The Balaban J connectivity index is 2.08. The molecule has 0 radical (unpaired) electrons. The van der Waals surface area contributed by atoms with Crippen LogP contribution in [-0.4, -0.2) is 25.7 Å². The number of pyridine rings is 1. The SMILES string of the molecule is Cn1cnnc1CNC(=O)c1cccc(C(F)(F)F)n1. The van der Waals surface area contributed by atoms with Crippen LogP contribution in [0.1, 0.15) is 22.0 Å². The molecule has 0 aliphatic carbocycles. The van der Waals surface area contributed by atoms with E-state index in [0.717, 1.165) is 12.1 Å². The summed E-state index contributed by atoms with van der Waals surface area (Å²) >= 11 is 0. The molecule has 0 aliphatic heterocycles. The van der Waals surface area contributed by atoms with Crippen molar-refractivity contribution in [3.05, 3.63) is 41.7 Å². The fourth-order valence-electron chi connectivity index (χ4n) is 1.44. The number of nitrogens with zero attached hydrogens (tertiary/aromatic N) is 4. The van der Waals surface area contributed by atoms with Crippen molar-refractivity contribution in [2.75, 3.05) is 0 Å². The maximum absolute atomic E-state index is 12.5. The number of amides is 1. The summed E-state index contributed by atoms with van der Waals surface area (Å²) in [5, 5.41) is 9.78. The van der Waals surface area contributed by atoms with Crippen LogP contribution in [0.25, 0.3) is 0 Å². The molecule has 0 unspecified atom stereocenters. The van der Waals surface area contributed by atoms with Crippen molar-refractivity contribution < 1.29 is 18.0 Å². The minimum absolute atomic E-state index is 0.0489. The molecule has 2 heterocycles. The van der Waals surface area contributed by atoms with Crippen molar-refractivity contribution in [3.63, 3.8) is 0 Å². The highest BCUT2D eigenvalue weighted by molar-refractivity contribution is 5.92. The molecule has 20 heavy (non-hydrogen) atoms. The maximum Gasteiger partial charge on any atom is 0.433 e. The third-order valence-electron chi connectivity index (χ3n) is 2.48. The largest absolute Gasteiger partial charge is 0.433 e. The van der Waals surface area contributed by atoms with Crippen LogP contribution in [-0.2, 0) is 19.8 Å². The monoisotopic (exact) mass is 285 g/mol. The van der Waals surface area contributed by atoms with Crippen LogP contribution in [0.2, 0.25) is 0 Å². The molecule has 2 aromatic rings. The van der Waals surface area contributed by atoms with Crippen LogP contribution in [0.15, 0.2) is 24.5 Å². The highest BCUT2D eigenvalue weighted by Crippen LogP contribution is 2.27. The number of hydrogen-bond donors (Lipinski definition) is 1. The Labute approximate surface area is 111 Å². The Kier molecular flexibility index (Phi) is 3.68. The lowest BCUT2D eigenvalue weighted by molar-refractivity contribution is -0.141. The second-order valence-corrected chi connectivity index (χ2v) is 3.95. The van der Waals surface area contributed by atoms with E-state index >= 15 is 0 Å². The minimum atomic E-state index is -4.58. The van der Waals surface area contributed by atoms with E-state index in [4.69, 9.17) is 0 Å². The summed E-state index contributed by atoms with van der Waals surface area (Å²) in [6.45, 7) is 0.0489. The highest BCUT2D eigenvalue weighted by atomic mass is 19.4. The first kappa shape index (κ1) is 14.0. The fourth-order valence-corrected chi connectivity index (χ4v) is 1.44. The summed E-state index contributed by atoms with van der Waals surface area (Å²) in [6.07, 6.45) is -3.14. The third-order valence-corrected chi connectivity index (χ3v) is 2.48. The number of rotatable bonds is 3.